The zero-order chi connectivity index (χ0) is 13.7. The minimum atomic E-state index is -0.532. The zero-order valence-electron chi connectivity index (χ0n) is 10.4. The maximum atomic E-state index is 11.4. The van der Waals surface area contributed by atoms with Gasteiger partial charge in [-0.25, -0.2) is 4.98 Å². The molecular formula is C12H13N5O2. The van der Waals surface area contributed by atoms with Crippen molar-refractivity contribution in [3.05, 3.63) is 36.4 Å². The highest BCUT2D eigenvalue weighted by Gasteiger charge is 2.16. The lowest BCUT2D eigenvalue weighted by Gasteiger charge is -2.20. The topological polar surface area (TPSA) is 92.1 Å². The van der Waals surface area contributed by atoms with Gasteiger partial charge >= 0.3 is 0 Å². The first-order chi connectivity index (χ1) is 9.20. The Balaban J connectivity index is 2.34. The monoisotopic (exact) mass is 259 g/mol. The summed E-state index contributed by atoms with van der Waals surface area (Å²) in [6.07, 6.45) is 4.58. The number of carbonyl (C=O) groups is 1. The highest BCUT2D eigenvalue weighted by atomic mass is 16.3. The second kappa shape index (κ2) is 5.96. The van der Waals surface area contributed by atoms with E-state index in [1.54, 1.807) is 17.0 Å². The predicted molar refractivity (Wildman–Crippen MR) is 67.9 cm³/mol. The molecule has 19 heavy (non-hydrogen) atoms. The SMILES string of the molecule is Cc1ccc(N(CC(=O)CO)c2cnccn2)nn1. The van der Waals surface area contributed by atoms with E-state index in [1.807, 2.05) is 6.92 Å². The van der Waals surface area contributed by atoms with E-state index in [0.29, 0.717) is 11.6 Å². The van der Waals surface area contributed by atoms with Gasteiger partial charge in [-0.3, -0.25) is 9.78 Å². The highest BCUT2D eigenvalue weighted by molar-refractivity contribution is 5.85. The number of anilines is 2. The molecule has 0 radical (unpaired) electrons. The number of Topliss-reactive ketones (excluding diaryl/α,β-unsaturated/α-hetero) is 1. The van der Waals surface area contributed by atoms with Gasteiger partial charge in [-0.1, -0.05) is 0 Å². The van der Waals surface area contributed by atoms with Crippen LogP contribution in [0.5, 0.6) is 0 Å². The normalized spacial score (nSPS) is 10.2. The highest BCUT2D eigenvalue weighted by Crippen LogP contribution is 2.19. The average Bonchev–Trinajstić information content (AvgIpc) is 2.46. The van der Waals surface area contributed by atoms with E-state index in [1.165, 1.54) is 18.6 Å². The minimum Gasteiger partial charge on any atom is -0.389 e. The third-order valence-electron chi connectivity index (χ3n) is 2.40. The molecule has 0 saturated heterocycles. The summed E-state index contributed by atoms with van der Waals surface area (Å²) in [6, 6.07) is 3.52. The van der Waals surface area contributed by atoms with Crippen molar-refractivity contribution in [1.82, 2.24) is 20.2 Å². The van der Waals surface area contributed by atoms with Gasteiger partial charge < -0.3 is 10.0 Å². The molecule has 0 fully saturated rings. The lowest BCUT2D eigenvalue weighted by atomic mass is 10.3. The molecule has 0 amide bonds. The van der Waals surface area contributed by atoms with Crippen LogP contribution >= 0.6 is 0 Å². The van der Waals surface area contributed by atoms with Crippen molar-refractivity contribution >= 4 is 17.4 Å². The smallest absolute Gasteiger partial charge is 0.177 e. The molecule has 1 N–H and O–H groups in total. The zero-order valence-corrected chi connectivity index (χ0v) is 10.4. The molecule has 2 aromatic rings. The molecule has 2 heterocycles. The molecule has 0 unspecified atom stereocenters. The molecule has 98 valence electrons. The molecular weight excluding hydrogens is 246 g/mol. The largest absolute Gasteiger partial charge is 0.389 e. The molecule has 0 bridgehead atoms. The van der Waals surface area contributed by atoms with Crippen LogP contribution in [-0.2, 0) is 4.79 Å². The van der Waals surface area contributed by atoms with Crippen molar-refractivity contribution in [2.45, 2.75) is 6.92 Å². The summed E-state index contributed by atoms with van der Waals surface area (Å²) in [5.41, 5.74) is 0.774. The van der Waals surface area contributed by atoms with E-state index >= 15 is 0 Å². The van der Waals surface area contributed by atoms with E-state index in [4.69, 9.17) is 5.11 Å². The van der Waals surface area contributed by atoms with Gasteiger partial charge in [0.2, 0.25) is 0 Å². The Kier molecular flexibility index (Phi) is 4.09. The average molecular weight is 259 g/mol. The van der Waals surface area contributed by atoms with Crippen molar-refractivity contribution in [1.29, 1.82) is 0 Å². The molecule has 0 aliphatic rings. The Hall–Kier alpha value is -2.41. The van der Waals surface area contributed by atoms with Crippen LogP contribution in [0.15, 0.2) is 30.7 Å². The molecule has 0 spiro atoms. The van der Waals surface area contributed by atoms with Crippen LogP contribution in [0.2, 0.25) is 0 Å². The van der Waals surface area contributed by atoms with E-state index < -0.39 is 6.61 Å². The molecule has 7 nitrogen and oxygen atoms in total. The van der Waals surface area contributed by atoms with E-state index in [-0.39, 0.29) is 12.3 Å². The van der Waals surface area contributed by atoms with Gasteiger partial charge in [0, 0.05) is 12.4 Å². The fourth-order valence-electron chi connectivity index (χ4n) is 1.47. The Morgan fingerprint density at radius 1 is 1.26 bits per heavy atom. The molecule has 0 aromatic carbocycles. The number of carbonyl (C=O) groups excluding carboxylic acids is 1. The van der Waals surface area contributed by atoms with Gasteiger partial charge in [-0.2, -0.15) is 5.10 Å². The Labute approximate surface area is 110 Å². The first-order valence-corrected chi connectivity index (χ1v) is 5.67. The van der Waals surface area contributed by atoms with Gasteiger partial charge in [0.1, 0.15) is 6.61 Å². The number of ketones is 1. The number of rotatable bonds is 5. The summed E-state index contributed by atoms with van der Waals surface area (Å²) in [5.74, 6) is 0.614. The molecule has 7 heteroatoms. The fourth-order valence-corrected chi connectivity index (χ4v) is 1.47. The summed E-state index contributed by atoms with van der Waals surface area (Å²) in [7, 11) is 0. The second-order valence-corrected chi connectivity index (χ2v) is 3.88. The summed E-state index contributed by atoms with van der Waals surface area (Å²) < 4.78 is 0. The van der Waals surface area contributed by atoms with E-state index in [2.05, 4.69) is 20.2 Å². The van der Waals surface area contributed by atoms with Crippen LogP contribution in [0.25, 0.3) is 0 Å². The van der Waals surface area contributed by atoms with Crippen LogP contribution in [-0.4, -0.2) is 44.2 Å². The Morgan fingerprint density at radius 2 is 2.11 bits per heavy atom. The molecule has 0 aliphatic carbocycles. The molecule has 0 saturated carbocycles. The fraction of sp³-hybridized carbons (Fsp3) is 0.250. The van der Waals surface area contributed by atoms with Crippen molar-refractivity contribution in [2.75, 3.05) is 18.1 Å². The first kappa shape index (κ1) is 13.0. The summed E-state index contributed by atoms with van der Waals surface area (Å²) >= 11 is 0. The minimum absolute atomic E-state index is 0.0348. The second-order valence-electron chi connectivity index (χ2n) is 3.88. The van der Waals surface area contributed by atoms with Gasteiger partial charge in [-0.15, -0.1) is 5.10 Å². The standard InChI is InChI=1S/C12H13N5O2/c1-9-2-3-11(16-15-9)17(7-10(19)8-18)12-6-13-4-5-14-12/h2-6,18H,7-8H2,1H3. The van der Waals surface area contributed by atoms with E-state index in [9.17, 15) is 4.79 Å². The Bertz CT molecular complexity index is 544. The quantitative estimate of drug-likeness (QED) is 0.824. The number of aryl methyl sites for hydroxylation is 1. The molecule has 2 aromatic heterocycles. The van der Waals surface area contributed by atoms with Gasteiger partial charge in [-0.05, 0) is 19.1 Å². The third-order valence-corrected chi connectivity index (χ3v) is 2.40. The summed E-state index contributed by atoms with van der Waals surface area (Å²) in [4.78, 5) is 21.1. The summed E-state index contributed by atoms with van der Waals surface area (Å²) in [6.45, 7) is 1.26. The predicted octanol–water partition coefficient (Wildman–Crippen LogP) is 0.275. The number of aliphatic hydroxyl groups is 1. The maximum absolute atomic E-state index is 11.4. The lowest BCUT2D eigenvalue weighted by molar-refractivity contribution is -0.120. The van der Waals surface area contributed by atoms with Crippen LogP contribution in [0.1, 0.15) is 5.69 Å². The van der Waals surface area contributed by atoms with Crippen LogP contribution in [0.3, 0.4) is 0 Å². The number of hydrogen-bond donors (Lipinski definition) is 1. The third kappa shape index (κ3) is 3.29. The van der Waals surface area contributed by atoms with Gasteiger partial charge in [0.05, 0.1) is 18.4 Å². The summed E-state index contributed by atoms with van der Waals surface area (Å²) in [5, 5.41) is 16.8. The van der Waals surface area contributed by atoms with Crippen LogP contribution in [0, 0.1) is 6.92 Å². The Morgan fingerprint density at radius 3 is 2.68 bits per heavy atom. The maximum Gasteiger partial charge on any atom is 0.177 e. The number of aromatic nitrogens is 4. The first-order valence-electron chi connectivity index (χ1n) is 5.67. The van der Waals surface area contributed by atoms with Crippen molar-refractivity contribution in [3.63, 3.8) is 0 Å². The lowest BCUT2D eigenvalue weighted by Crippen LogP contribution is -2.28. The molecule has 0 aliphatic heterocycles. The molecule has 0 atom stereocenters. The van der Waals surface area contributed by atoms with Crippen molar-refractivity contribution < 1.29 is 9.90 Å². The number of aliphatic hydroxyl groups excluding tert-OH is 1. The van der Waals surface area contributed by atoms with Crippen LogP contribution < -0.4 is 4.90 Å². The van der Waals surface area contributed by atoms with E-state index in [0.717, 1.165) is 5.69 Å². The molecule has 2 rings (SSSR count). The number of nitrogens with zero attached hydrogens (tertiary/aromatic N) is 5. The van der Waals surface area contributed by atoms with Crippen molar-refractivity contribution in [2.24, 2.45) is 0 Å². The van der Waals surface area contributed by atoms with Gasteiger partial charge in [0.25, 0.3) is 0 Å². The number of hydrogen-bond acceptors (Lipinski definition) is 7. The van der Waals surface area contributed by atoms with Gasteiger partial charge in [0.15, 0.2) is 17.4 Å². The van der Waals surface area contributed by atoms with Crippen LogP contribution in [0.4, 0.5) is 11.6 Å². The van der Waals surface area contributed by atoms with Crippen molar-refractivity contribution in [3.8, 4) is 0 Å².